The van der Waals surface area contributed by atoms with Gasteiger partial charge in [0.05, 0.1) is 0 Å². The van der Waals surface area contributed by atoms with Crippen LogP contribution in [0.5, 0.6) is 0 Å². The molecule has 0 N–H and O–H groups in total. The Balaban J connectivity index is 1.50. The molecule has 21 heavy (non-hydrogen) atoms. The summed E-state index contributed by atoms with van der Waals surface area (Å²) in [5.74, 6) is 4.92. The first-order valence-electron chi connectivity index (χ1n) is 9.10. The highest BCUT2D eigenvalue weighted by atomic mass is 16.1. The van der Waals surface area contributed by atoms with Crippen molar-refractivity contribution < 1.29 is 9.59 Å². The lowest BCUT2D eigenvalue weighted by atomic mass is 9.34. The number of carbonyl (C=O) groups excluding carboxylic acids is 2. The minimum absolute atomic E-state index is 0.0154. The van der Waals surface area contributed by atoms with E-state index in [0.29, 0.717) is 22.9 Å². The van der Waals surface area contributed by atoms with Gasteiger partial charge in [-0.2, -0.15) is 0 Å². The van der Waals surface area contributed by atoms with Crippen molar-refractivity contribution in [2.24, 2.45) is 40.4 Å². The molecule has 6 rings (SSSR count). The first kappa shape index (κ1) is 12.8. The lowest BCUT2D eigenvalue weighted by Crippen LogP contribution is -2.64. The van der Waals surface area contributed by atoms with E-state index in [0.717, 1.165) is 55.8 Å². The van der Waals surface area contributed by atoms with Crippen LogP contribution in [-0.4, -0.2) is 11.6 Å². The molecule has 2 nitrogen and oxygen atoms in total. The number of hydrogen-bond donors (Lipinski definition) is 0. The standard InChI is InChI=1S/C19H26O2/c1-18-6-5-15-13(14(18)2-3-17(18)21)8-11-10-19(15)7-4-12(20)9-16(11)19/h11,13-16H,2-10H2,1H3. The Morgan fingerprint density at radius 1 is 1.00 bits per heavy atom. The predicted molar refractivity (Wildman–Crippen MR) is 79.6 cm³/mol. The van der Waals surface area contributed by atoms with E-state index in [9.17, 15) is 9.59 Å². The molecular formula is C19H26O2. The van der Waals surface area contributed by atoms with Crippen molar-refractivity contribution in [1.82, 2.24) is 0 Å². The van der Waals surface area contributed by atoms with Gasteiger partial charge in [-0.15, -0.1) is 0 Å². The number of Topliss-reactive ketones (excluding diaryl/α,β-unsaturated/α-hetero) is 2. The van der Waals surface area contributed by atoms with Gasteiger partial charge in [-0.1, -0.05) is 6.92 Å². The highest BCUT2D eigenvalue weighted by Gasteiger charge is 2.68. The lowest BCUT2D eigenvalue weighted by Gasteiger charge is -2.70. The fourth-order valence-electron chi connectivity index (χ4n) is 7.78. The molecule has 6 fully saturated rings. The van der Waals surface area contributed by atoms with Crippen LogP contribution in [0, 0.1) is 40.4 Å². The first-order chi connectivity index (χ1) is 10.0. The second kappa shape index (κ2) is 3.81. The summed E-state index contributed by atoms with van der Waals surface area (Å²) in [6.45, 7) is 2.27. The Hall–Kier alpha value is -0.660. The van der Waals surface area contributed by atoms with Crippen LogP contribution in [0.1, 0.15) is 64.7 Å². The van der Waals surface area contributed by atoms with Gasteiger partial charge >= 0.3 is 0 Å². The molecule has 1 spiro atoms. The van der Waals surface area contributed by atoms with E-state index < -0.39 is 0 Å². The molecule has 0 aromatic heterocycles. The van der Waals surface area contributed by atoms with Gasteiger partial charge in [0.1, 0.15) is 11.6 Å². The summed E-state index contributed by atoms with van der Waals surface area (Å²) < 4.78 is 0. The summed E-state index contributed by atoms with van der Waals surface area (Å²) in [6, 6.07) is 0. The van der Waals surface area contributed by atoms with Crippen molar-refractivity contribution in [2.45, 2.75) is 64.7 Å². The fourth-order valence-corrected chi connectivity index (χ4v) is 7.78. The molecule has 6 saturated carbocycles. The highest BCUT2D eigenvalue weighted by Crippen LogP contribution is 2.74. The molecule has 0 heterocycles. The van der Waals surface area contributed by atoms with Gasteiger partial charge in [-0.05, 0) is 73.5 Å². The Labute approximate surface area is 127 Å². The Morgan fingerprint density at radius 2 is 1.86 bits per heavy atom. The SMILES string of the molecule is CC12CCC3C(CC4CC35CCC(=O)CC45)C1CCC2=O. The zero-order valence-electron chi connectivity index (χ0n) is 13.1. The molecular weight excluding hydrogens is 260 g/mol. The molecule has 114 valence electrons. The Morgan fingerprint density at radius 3 is 2.71 bits per heavy atom. The number of ketones is 2. The average Bonchev–Trinajstić information content (AvgIpc) is 2.77. The minimum atomic E-state index is 0.0154. The molecule has 2 heteroatoms. The average molecular weight is 286 g/mol. The van der Waals surface area contributed by atoms with Crippen molar-refractivity contribution in [3.63, 3.8) is 0 Å². The van der Waals surface area contributed by atoms with Crippen LogP contribution in [-0.2, 0) is 9.59 Å². The molecule has 7 unspecified atom stereocenters. The van der Waals surface area contributed by atoms with E-state index in [1.54, 1.807) is 0 Å². The van der Waals surface area contributed by atoms with Crippen LogP contribution in [0.2, 0.25) is 0 Å². The van der Waals surface area contributed by atoms with Crippen molar-refractivity contribution in [1.29, 1.82) is 0 Å². The maximum atomic E-state index is 12.4. The van der Waals surface area contributed by atoms with Crippen molar-refractivity contribution in [3.8, 4) is 0 Å². The van der Waals surface area contributed by atoms with Gasteiger partial charge in [0.25, 0.3) is 0 Å². The summed E-state index contributed by atoms with van der Waals surface area (Å²) in [5, 5.41) is 0. The fraction of sp³-hybridized carbons (Fsp3) is 0.895. The van der Waals surface area contributed by atoms with E-state index >= 15 is 0 Å². The Kier molecular flexibility index (Phi) is 2.33. The molecule has 6 aliphatic rings. The molecule has 0 aromatic carbocycles. The van der Waals surface area contributed by atoms with E-state index in [4.69, 9.17) is 0 Å². The Bertz CT molecular complexity index is 538. The summed E-state index contributed by atoms with van der Waals surface area (Å²) in [7, 11) is 0. The van der Waals surface area contributed by atoms with Gasteiger partial charge in [0, 0.05) is 24.7 Å². The summed E-state index contributed by atoms with van der Waals surface area (Å²) in [5.41, 5.74) is 0.538. The van der Waals surface area contributed by atoms with E-state index in [2.05, 4.69) is 6.92 Å². The molecule has 0 aromatic rings. The minimum Gasteiger partial charge on any atom is -0.300 e. The van der Waals surface area contributed by atoms with Gasteiger partial charge in [0.2, 0.25) is 0 Å². The molecule has 0 amide bonds. The molecule has 0 aliphatic heterocycles. The predicted octanol–water partition coefficient (Wildman–Crippen LogP) is 3.78. The van der Waals surface area contributed by atoms with E-state index in [1.807, 2.05) is 0 Å². The summed E-state index contributed by atoms with van der Waals surface area (Å²) >= 11 is 0. The van der Waals surface area contributed by atoms with Crippen LogP contribution < -0.4 is 0 Å². The molecule has 6 aliphatic carbocycles. The zero-order valence-corrected chi connectivity index (χ0v) is 13.1. The van der Waals surface area contributed by atoms with Crippen LogP contribution in [0.15, 0.2) is 0 Å². The quantitative estimate of drug-likeness (QED) is 0.679. The topological polar surface area (TPSA) is 34.1 Å². The second-order valence-electron chi connectivity index (χ2n) is 9.08. The summed E-state index contributed by atoms with van der Waals surface area (Å²) in [4.78, 5) is 24.2. The third-order valence-electron chi connectivity index (χ3n) is 8.73. The van der Waals surface area contributed by atoms with E-state index in [1.165, 1.54) is 25.7 Å². The van der Waals surface area contributed by atoms with Crippen molar-refractivity contribution >= 4 is 11.6 Å². The number of carbonyl (C=O) groups is 2. The second-order valence-corrected chi connectivity index (χ2v) is 9.08. The highest BCUT2D eigenvalue weighted by molar-refractivity contribution is 5.87. The largest absolute Gasteiger partial charge is 0.300 e. The van der Waals surface area contributed by atoms with Gasteiger partial charge < -0.3 is 0 Å². The van der Waals surface area contributed by atoms with Crippen LogP contribution in [0.3, 0.4) is 0 Å². The van der Waals surface area contributed by atoms with Crippen LogP contribution >= 0.6 is 0 Å². The molecule has 0 radical (unpaired) electrons. The van der Waals surface area contributed by atoms with Gasteiger partial charge in [-0.3, -0.25) is 9.59 Å². The lowest BCUT2D eigenvalue weighted by molar-refractivity contribution is -0.217. The van der Waals surface area contributed by atoms with Crippen molar-refractivity contribution in [2.75, 3.05) is 0 Å². The number of fused-ring (bicyclic) bond motifs is 1. The van der Waals surface area contributed by atoms with Gasteiger partial charge in [0.15, 0.2) is 0 Å². The monoisotopic (exact) mass is 286 g/mol. The number of hydrogen-bond acceptors (Lipinski definition) is 2. The maximum Gasteiger partial charge on any atom is 0.139 e. The number of rotatable bonds is 0. The first-order valence-corrected chi connectivity index (χ1v) is 9.10. The molecule has 7 atom stereocenters. The summed E-state index contributed by atoms with van der Waals surface area (Å²) in [6.07, 6.45) is 10.0. The van der Waals surface area contributed by atoms with Crippen LogP contribution in [0.25, 0.3) is 0 Å². The molecule has 2 bridgehead atoms. The third kappa shape index (κ3) is 1.36. The van der Waals surface area contributed by atoms with Gasteiger partial charge in [-0.25, -0.2) is 0 Å². The zero-order chi connectivity index (χ0) is 14.4. The molecule has 0 saturated heterocycles. The van der Waals surface area contributed by atoms with Crippen LogP contribution in [0.4, 0.5) is 0 Å². The van der Waals surface area contributed by atoms with E-state index in [-0.39, 0.29) is 5.41 Å². The third-order valence-corrected chi connectivity index (χ3v) is 8.73. The maximum absolute atomic E-state index is 12.4. The van der Waals surface area contributed by atoms with Crippen molar-refractivity contribution in [3.05, 3.63) is 0 Å². The normalized spacial score (nSPS) is 58.0. The smallest absolute Gasteiger partial charge is 0.139 e.